The highest BCUT2D eigenvalue weighted by Gasteiger charge is 2.39. The summed E-state index contributed by atoms with van der Waals surface area (Å²) >= 11 is 0. The molecule has 1 unspecified atom stereocenters. The second kappa shape index (κ2) is 6.92. The van der Waals surface area contributed by atoms with Crippen LogP contribution < -0.4 is 14.8 Å². The normalized spacial score (nSPS) is 18.5. The second-order valence-electron chi connectivity index (χ2n) is 5.98. The van der Waals surface area contributed by atoms with Crippen LogP contribution in [0.15, 0.2) is 48.0 Å². The van der Waals surface area contributed by atoms with Crippen LogP contribution in [0.4, 0.5) is 0 Å². The predicted octanol–water partition coefficient (Wildman–Crippen LogP) is 2.72. The van der Waals surface area contributed by atoms with Crippen molar-refractivity contribution in [3.05, 3.63) is 64.7 Å². The first-order chi connectivity index (χ1) is 12.5. The van der Waals surface area contributed by atoms with E-state index in [0.29, 0.717) is 22.6 Å². The Hall–Kier alpha value is -3.28. The number of carbonyl (C=O) groups excluding carboxylic acids is 2. The summed E-state index contributed by atoms with van der Waals surface area (Å²) < 4.78 is 10.5. The Morgan fingerprint density at radius 1 is 1.00 bits per heavy atom. The number of methoxy groups -OCH3 is 2. The molecule has 3 rings (SSSR count). The van der Waals surface area contributed by atoms with Crippen molar-refractivity contribution >= 4 is 17.4 Å². The maximum Gasteiger partial charge on any atom is 0.293 e. The Morgan fingerprint density at radius 3 is 2.27 bits per heavy atom. The van der Waals surface area contributed by atoms with Crippen LogP contribution in [0.1, 0.15) is 22.7 Å². The van der Waals surface area contributed by atoms with E-state index >= 15 is 0 Å². The standard InChI is InChI=1S/C20H19NO5/c1-11-4-6-12(7-5-11)18(22)16-17(21-20(24)19(16)23)13-8-9-14(25-2)15(10-13)26-3/h4-10,17,22H,1-3H3,(H,21,24). The Kier molecular flexibility index (Phi) is 4.67. The van der Waals surface area contributed by atoms with E-state index in [4.69, 9.17) is 9.47 Å². The van der Waals surface area contributed by atoms with Gasteiger partial charge in [-0.05, 0) is 24.6 Å². The van der Waals surface area contributed by atoms with Gasteiger partial charge in [0.1, 0.15) is 5.76 Å². The highest BCUT2D eigenvalue weighted by molar-refractivity contribution is 6.46. The summed E-state index contributed by atoms with van der Waals surface area (Å²) in [7, 11) is 3.02. The largest absolute Gasteiger partial charge is 0.507 e. The first kappa shape index (κ1) is 17.5. The average Bonchev–Trinajstić information content (AvgIpc) is 2.96. The van der Waals surface area contributed by atoms with Crippen LogP contribution in [0.3, 0.4) is 0 Å². The number of hydrogen-bond donors (Lipinski definition) is 2. The molecule has 134 valence electrons. The third-order valence-corrected chi connectivity index (χ3v) is 4.34. The summed E-state index contributed by atoms with van der Waals surface area (Å²) in [6, 6.07) is 11.4. The number of benzene rings is 2. The monoisotopic (exact) mass is 353 g/mol. The minimum atomic E-state index is -0.767. The van der Waals surface area contributed by atoms with Crippen molar-refractivity contribution in [1.82, 2.24) is 5.32 Å². The lowest BCUT2D eigenvalue weighted by atomic mass is 9.95. The van der Waals surface area contributed by atoms with E-state index < -0.39 is 17.7 Å². The zero-order chi connectivity index (χ0) is 18.8. The zero-order valence-corrected chi connectivity index (χ0v) is 14.7. The van der Waals surface area contributed by atoms with Gasteiger partial charge in [-0.2, -0.15) is 0 Å². The quantitative estimate of drug-likeness (QED) is 0.502. The van der Waals surface area contributed by atoms with Crippen molar-refractivity contribution in [2.75, 3.05) is 14.2 Å². The topological polar surface area (TPSA) is 84.9 Å². The maximum absolute atomic E-state index is 12.4. The van der Waals surface area contributed by atoms with Gasteiger partial charge >= 0.3 is 0 Å². The van der Waals surface area contributed by atoms with Gasteiger partial charge in [0.05, 0.1) is 25.8 Å². The van der Waals surface area contributed by atoms with E-state index in [-0.39, 0.29) is 11.3 Å². The number of aliphatic hydroxyl groups excluding tert-OH is 1. The van der Waals surface area contributed by atoms with Crippen molar-refractivity contribution in [3.8, 4) is 11.5 Å². The number of aryl methyl sites for hydroxylation is 1. The minimum Gasteiger partial charge on any atom is -0.507 e. The number of hydrogen-bond acceptors (Lipinski definition) is 5. The molecule has 0 spiro atoms. The summed E-state index contributed by atoms with van der Waals surface area (Å²) in [5, 5.41) is 13.3. The summed E-state index contributed by atoms with van der Waals surface area (Å²) in [5.74, 6) is -0.720. The molecule has 0 aromatic heterocycles. The highest BCUT2D eigenvalue weighted by atomic mass is 16.5. The van der Waals surface area contributed by atoms with Crippen molar-refractivity contribution in [2.45, 2.75) is 13.0 Å². The van der Waals surface area contributed by atoms with E-state index in [1.165, 1.54) is 14.2 Å². The van der Waals surface area contributed by atoms with Crippen LogP contribution in [0.25, 0.3) is 5.76 Å². The van der Waals surface area contributed by atoms with Crippen molar-refractivity contribution in [1.29, 1.82) is 0 Å². The molecule has 26 heavy (non-hydrogen) atoms. The molecular weight excluding hydrogens is 334 g/mol. The lowest BCUT2D eigenvalue weighted by Gasteiger charge is -2.16. The molecule has 1 atom stereocenters. The molecule has 1 aliphatic rings. The number of nitrogens with one attached hydrogen (secondary N) is 1. The fourth-order valence-corrected chi connectivity index (χ4v) is 2.92. The van der Waals surface area contributed by atoms with Gasteiger partial charge in [-0.3, -0.25) is 9.59 Å². The predicted molar refractivity (Wildman–Crippen MR) is 96.2 cm³/mol. The van der Waals surface area contributed by atoms with Crippen molar-refractivity contribution in [3.63, 3.8) is 0 Å². The molecule has 2 aromatic carbocycles. The molecule has 1 aliphatic heterocycles. The molecule has 2 aromatic rings. The molecule has 2 N–H and O–H groups in total. The van der Waals surface area contributed by atoms with Crippen LogP contribution in [0.5, 0.6) is 11.5 Å². The number of carbonyl (C=O) groups is 2. The van der Waals surface area contributed by atoms with E-state index in [0.717, 1.165) is 5.56 Å². The Labute approximate surface area is 151 Å². The Balaban J connectivity index is 2.11. The molecule has 1 saturated heterocycles. The fourth-order valence-electron chi connectivity index (χ4n) is 2.92. The number of amides is 1. The molecule has 0 aliphatic carbocycles. The second-order valence-corrected chi connectivity index (χ2v) is 5.98. The van der Waals surface area contributed by atoms with Crippen LogP contribution in [-0.4, -0.2) is 31.0 Å². The lowest BCUT2D eigenvalue weighted by Crippen LogP contribution is -2.21. The van der Waals surface area contributed by atoms with Gasteiger partial charge < -0.3 is 19.9 Å². The van der Waals surface area contributed by atoms with Gasteiger partial charge in [0.15, 0.2) is 11.5 Å². The number of Topliss-reactive ketones (excluding diaryl/α,β-unsaturated/α-hetero) is 1. The number of aliphatic hydroxyl groups is 1. The zero-order valence-electron chi connectivity index (χ0n) is 14.7. The third-order valence-electron chi connectivity index (χ3n) is 4.34. The third kappa shape index (κ3) is 3.01. The van der Waals surface area contributed by atoms with Crippen LogP contribution >= 0.6 is 0 Å². The number of rotatable bonds is 4. The molecule has 1 fully saturated rings. The van der Waals surface area contributed by atoms with E-state index in [9.17, 15) is 14.7 Å². The summed E-state index contributed by atoms with van der Waals surface area (Å²) in [4.78, 5) is 24.3. The maximum atomic E-state index is 12.4. The molecule has 6 nitrogen and oxygen atoms in total. The van der Waals surface area contributed by atoms with Gasteiger partial charge in [0.2, 0.25) is 0 Å². The van der Waals surface area contributed by atoms with Crippen molar-refractivity contribution < 1.29 is 24.2 Å². The van der Waals surface area contributed by atoms with Crippen LogP contribution in [0.2, 0.25) is 0 Å². The molecule has 0 radical (unpaired) electrons. The van der Waals surface area contributed by atoms with Crippen LogP contribution in [-0.2, 0) is 9.59 Å². The summed E-state index contributed by atoms with van der Waals surface area (Å²) in [5.41, 5.74) is 2.12. The molecular formula is C20H19NO5. The first-order valence-electron chi connectivity index (χ1n) is 8.03. The fraction of sp³-hybridized carbons (Fsp3) is 0.200. The molecule has 6 heteroatoms. The minimum absolute atomic E-state index is 0.0195. The highest BCUT2D eigenvalue weighted by Crippen LogP contribution is 2.36. The van der Waals surface area contributed by atoms with Gasteiger partial charge in [-0.15, -0.1) is 0 Å². The van der Waals surface area contributed by atoms with E-state index in [1.54, 1.807) is 30.3 Å². The first-order valence-corrected chi connectivity index (χ1v) is 8.03. The average molecular weight is 353 g/mol. The number of ketones is 1. The van der Waals surface area contributed by atoms with Gasteiger partial charge in [0, 0.05) is 5.56 Å². The Morgan fingerprint density at radius 2 is 1.65 bits per heavy atom. The van der Waals surface area contributed by atoms with Gasteiger partial charge in [-0.1, -0.05) is 35.9 Å². The molecule has 0 saturated carbocycles. The molecule has 1 amide bonds. The van der Waals surface area contributed by atoms with E-state index in [2.05, 4.69) is 5.32 Å². The lowest BCUT2D eigenvalue weighted by molar-refractivity contribution is -0.133. The summed E-state index contributed by atoms with van der Waals surface area (Å²) in [6.45, 7) is 1.92. The van der Waals surface area contributed by atoms with Gasteiger partial charge in [-0.25, -0.2) is 0 Å². The smallest absolute Gasteiger partial charge is 0.293 e. The van der Waals surface area contributed by atoms with E-state index in [1.807, 2.05) is 19.1 Å². The molecule has 0 bridgehead atoms. The Bertz CT molecular complexity index is 899. The van der Waals surface area contributed by atoms with Gasteiger partial charge in [0.25, 0.3) is 11.7 Å². The molecule has 1 heterocycles. The SMILES string of the molecule is COc1ccc(C2NC(=O)C(=O)C2=C(O)c2ccc(C)cc2)cc1OC. The van der Waals surface area contributed by atoms with Crippen molar-refractivity contribution in [2.24, 2.45) is 0 Å². The summed E-state index contributed by atoms with van der Waals surface area (Å²) in [6.07, 6.45) is 0. The number of ether oxygens (including phenoxy) is 2. The van der Waals surface area contributed by atoms with Crippen LogP contribution in [0, 0.1) is 6.92 Å².